The lowest BCUT2D eigenvalue weighted by atomic mass is 10.1. The van der Waals surface area contributed by atoms with Gasteiger partial charge in [-0.2, -0.15) is 0 Å². The van der Waals surface area contributed by atoms with Crippen molar-refractivity contribution >= 4 is 23.3 Å². The van der Waals surface area contributed by atoms with Crippen molar-refractivity contribution in [3.8, 4) is 0 Å². The molecule has 0 unspecified atom stereocenters. The molecule has 23 heavy (non-hydrogen) atoms. The van der Waals surface area contributed by atoms with Gasteiger partial charge >= 0.3 is 0 Å². The molecular formula is C13H17N5O5. The molecule has 4 atom stereocenters. The summed E-state index contributed by atoms with van der Waals surface area (Å²) in [5, 5.41) is 32.1. The molecule has 1 saturated heterocycles. The third kappa shape index (κ3) is 2.77. The van der Waals surface area contributed by atoms with Crippen LogP contribution in [0.1, 0.15) is 12.6 Å². The second-order valence-corrected chi connectivity index (χ2v) is 5.16. The minimum atomic E-state index is -1.22. The molecule has 3 heterocycles. The Hall–Kier alpha value is -2.14. The zero-order valence-electron chi connectivity index (χ0n) is 12.1. The molecule has 1 aliphatic rings. The van der Waals surface area contributed by atoms with Gasteiger partial charge < -0.3 is 30.2 Å². The van der Waals surface area contributed by atoms with Crippen molar-refractivity contribution in [2.24, 2.45) is 0 Å². The Morgan fingerprint density at radius 3 is 2.83 bits per heavy atom. The van der Waals surface area contributed by atoms with E-state index >= 15 is 0 Å². The highest BCUT2D eigenvalue weighted by molar-refractivity contribution is 5.82. The topological polar surface area (TPSA) is 143 Å². The first kappa shape index (κ1) is 15.7. The van der Waals surface area contributed by atoms with Crippen molar-refractivity contribution < 1.29 is 24.9 Å². The average Bonchev–Trinajstić information content (AvgIpc) is 3.11. The second kappa shape index (κ2) is 6.54. The maximum atomic E-state index is 10.4. The third-order valence-electron chi connectivity index (χ3n) is 3.70. The molecule has 2 aromatic rings. The molecule has 0 spiro atoms. The number of imidazole rings is 1. The molecule has 0 aliphatic carbocycles. The van der Waals surface area contributed by atoms with E-state index in [1.807, 2.05) is 0 Å². The Labute approximate surface area is 130 Å². The number of aliphatic hydroxyl groups excluding tert-OH is 3. The number of nitrogens with zero attached hydrogens (tertiary/aromatic N) is 4. The lowest BCUT2D eigenvalue weighted by Gasteiger charge is -2.16. The summed E-state index contributed by atoms with van der Waals surface area (Å²) in [6, 6.07) is 0. The number of rotatable bonds is 6. The number of aromatic nitrogens is 4. The maximum Gasteiger partial charge on any atom is 0.167 e. The zero-order valence-corrected chi connectivity index (χ0v) is 12.1. The Kier molecular flexibility index (Phi) is 4.48. The number of nitrogens with one attached hydrogen (secondary N) is 1. The highest BCUT2D eigenvalue weighted by Crippen LogP contribution is 2.31. The van der Waals surface area contributed by atoms with Crippen LogP contribution in [0, 0.1) is 0 Å². The van der Waals surface area contributed by atoms with Crippen LogP contribution < -0.4 is 5.32 Å². The summed E-state index contributed by atoms with van der Waals surface area (Å²) in [6.07, 6.45) is -0.329. The number of carbonyl (C=O) groups is 1. The van der Waals surface area contributed by atoms with E-state index in [9.17, 15) is 15.0 Å². The van der Waals surface area contributed by atoms with E-state index in [4.69, 9.17) is 9.84 Å². The standard InChI is InChI=1S/C13H17N5O5/c19-3-1-2-14-11-8-12(16-5-15-11)18(6-17-8)13-10(22)9(21)7(4-20)23-13/h3,5-7,9-10,13,20-22H,1-2,4H2,(H,14,15,16)/t7-,9-,10-,13-/m1/s1. The quantitative estimate of drug-likeness (QED) is 0.366. The van der Waals surface area contributed by atoms with Crippen LogP contribution in [0.15, 0.2) is 12.7 Å². The normalized spacial score (nSPS) is 27.4. The molecule has 3 rings (SSSR count). The Balaban J connectivity index is 1.91. The molecule has 10 heteroatoms. The van der Waals surface area contributed by atoms with Gasteiger partial charge in [-0.3, -0.25) is 4.57 Å². The van der Waals surface area contributed by atoms with E-state index < -0.39 is 31.1 Å². The zero-order chi connectivity index (χ0) is 16.4. The van der Waals surface area contributed by atoms with Crippen molar-refractivity contribution in [3.63, 3.8) is 0 Å². The van der Waals surface area contributed by atoms with Gasteiger partial charge in [0.25, 0.3) is 0 Å². The number of carbonyl (C=O) groups excluding carboxylic acids is 1. The summed E-state index contributed by atoms with van der Waals surface area (Å²) in [4.78, 5) is 22.8. The molecule has 0 aromatic carbocycles. The molecule has 124 valence electrons. The Bertz CT molecular complexity index is 692. The van der Waals surface area contributed by atoms with Crippen LogP contribution in [0.5, 0.6) is 0 Å². The molecule has 2 aromatic heterocycles. The fourth-order valence-electron chi connectivity index (χ4n) is 2.53. The van der Waals surface area contributed by atoms with Crippen LogP contribution >= 0.6 is 0 Å². The van der Waals surface area contributed by atoms with Crippen molar-refractivity contribution in [2.45, 2.75) is 31.0 Å². The number of hydrogen-bond acceptors (Lipinski definition) is 9. The van der Waals surface area contributed by atoms with Crippen LogP contribution in [0.2, 0.25) is 0 Å². The van der Waals surface area contributed by atoms with Crippen molar-refractivity contribution in [3.05, 3.63) is 12.7 Å². The lowest BCUT2D eigenvalue weighted by Crippen LogP contribution is -2.33. The highest BCUT2D eigenvalue weighted by Gasteiger charge is 2.43. The number of hydrogen-bond donors (Lipinski definition) is 4. The van der Waals surface area contributed by atoms with Gasteiger partial charge in [0.2, 0.25) is 0 Å². The maximum absolute atomic E-state index is 10.4. The smallest absolute Gasteiger partial charge is 0.167 e. The number of aliphatic hydroxyl groups is 3. The summed E-state index contributed by atoms with van der Waals surface area (Å²) in [6.45, 7) is 0.00513. The molecule has 4 N–H and O–H groups in total. The molecule has 1 aliphatic heterocycles. The third-order valence-corrected chi connectivity index (χ3v) is 3.70. The first-order valence-corrected chi connectivity index (χ1v) is 7.15. The Morgan fingerprint density at radius 2 is 2.13 bits per heavy atom. The minimum Gasteiger partial charge on any atom is -0.394 e. The molecule has 0 radical (unpaired) electrons. The van der Waals surface area contributed by atoms with E-state index in [1.165, 1.54) is 17.2 Å². The van der Waals surface area contributed by atoms with Gasteiger partial charge in [0.15, 0.2) is 23.2 Å². The molecule has 0 bridgehead atoms. The van der Waals surface area contributed by atoms with Crippen LogP contribution in [0.4, 0.5) is 5.82 Å². The summed E-state index contributed by atoms with van der Waals surface area (Å²) in [7, 11) is 0. The summed E-state index contributed by atoms with van der Waals surface area (Å²) in [5.41, 5.74) is 0.861. The van der Waals surface area contributed by atoms with Gasteiger partial charge in [0, 0.05) is 13.0 Å². The highest BCUT2D eigenvalue weighted by atomic mass is 16.6. The van der Waals surface area contributed by atoms with Crippen molar-refractivity contribution in [2.75, 3.05) is 18.5 Å². The van der Waals surface area contributed by atoms with E-state index in [2.05, 4.69) is 20.3 Å². The van der Waals surface area contributed by atoms with Crippen LogP contribution in [-0.2, 0) is 9.53 Å². The van der Waals surface area contributed by atoms with Gasteiger partial charge in [0.1, 0.15) is 30.9 Å². The average molecular weight is 323 g/mol. The van der Waals surface area contributed by atoms with E-state index in [0.29, 0.717) is 29.9 Å². The van der Waals surface area contributed by atoms with Gasteiger partial charge in [0.05, 0.1) is 12.9 Å². The molecular weight excluding hydrogens is 306 g/mol. The van der Waals surface area contributed by atoms with Crippen molar-refractivity contribution in [1.29, 1.82) is 0 Å². The molecule has 1 fully saturated rings. The van der Waals surface area contributed by atoms with E-state index in [-0.39, 0.29) is 0 Å². The second-order valence-electron chi connectivity index (χ2n) is 5.16. The summed E-state index contributed by atoms with van der Waals surface area (Å²) < 4.78 is 6.95. The largest absolute Gasteiger partial charge is 0.394 e. The molecule has 0 saturated carbocycles. The summed E-state index contributed by atoms with van der Waals surface area (Å²) >= 11 is 0. The first-order valence-electron chi connectivity index (χ1n) is 7.15. The predicted molar refractivity (Wildman–Crippen MR) is 77.5 cm³/mol. The van der Waals surface area contributed by atoms with E-state index in [1.54, 1.807) is 0 Å². The van der Waals surface area contributed by atoms with Crippen molar-refractivity contribution in [1.82, 2.24) is 19.5 Å². The van der Waals surface area contributed by atoms with Gasteiger partial charge in [-0.05, 0) is 0 Å². The number of fused-ring (bicyclic) bond motifs is 1. The lowest BCUT2D eigenvalue weighted by molar-refractivity contribution is -0.107. The van der Waals surface area contributed by atoms with Gasteiger partial charge in [-0.1, -0.05) is 0 Å². The fraction of sp³-hybridized carbons (Fsp3) is 0.538. The van der Waals surface area contributed by atoms with E-state index in [0.717, 1.165) is 6.29 Å². The van der Waals surface area contributed by atoms with Gasteiger partial charge in [-0.25, -0.2) is 15.0 Å². The van der Waals surface area contributed by atoms with Crippen LogP contribution in [0.3, 0.4) is 0 Å². The monoisotopic (exact) mass is 323 g/mol. The number of anilines is 1. The SMILES string of the molecule is O=CCCNc1ncnc2c1ncn2[C@@H]1O[C@H](CO)[C@@H](O)[C@H]1O. The van der Waals surface area contributed by atoms with Crippen LogP contribution in [-0.4, -0.2) is 72.6 Å². The predicted octanol–water partition coefficient (Wildman–Crippen LogP) is -1.56. The molecule has 10 nitrogen and oxygen atoms in total. The Morgan fingerprint density at radius 1 is 1.30 bits per heavy atom. The first-order chi connectivity index (χ1) is 11.2. The van der Waals surface area contributed by atoms with Crippen LogP contribution in [0.25, 0.3) is 11.2 Å². The fourth-order valence-corrected chi connectivity index (χ4v) is 2.53. The molecule has 0 amide bonds. The van der Waals surface area contributed by atoms with Gasteiger partial charge in [-0.15, -0.1) is 0 Å². The summed E-state index contributed by atoms with van der Waals surface area (Å²) in [5.74, 6) is 0.461. The minimum absolute atomic E-state index is 0.334. The number of aldehydes is 1. The number of ether oxygens (including phenoxy) is 1.